The number of hydrogen-bond acceptors (Lipinski definition) is 3. The van der Waals surface area contributed by atoms with Crippen LogP contribution in [0.1, 0.15) is 16.2 Å². The van der Waals surface area contributed by atoms with E-state index in [-0.39, 0.29) is 11.5 Å². The minimum Gasteiger partial charge on any atom is -0.319 e. The Morgan fingerprint density at radius 2 is 1.68 bits per heavy atom. The zero-order valence-electron chi connectivity index (χ0n) is 12.5. The van der Waals surface area contributed by atoms with E-state index < -0.39 is 23.3 Å². The molecule has 0 unspecified atom stereocenters. The number of H-pyrrole nitrogens is 1. The standard InChI is InChI=1S/C16H11F3N4O2/c17-16(18,19)10-6-8-11(9-7-10)20-14(24)13-21-15(25)23(22-13)12-4-2-1-3-5-12/h1-9H,(H,20,24)(H,21,22,25). The Bertz CT molecular complexity index is 944. The molecule has 2 N–H and O–H groups in total. The van der Waals surface area contributed by atoms with Crippen LogP contribution in [0.15, 0.2) is 59.4 Å². The van der Waals surface area contributed by atoms with Gasteiger partial charge < -0.3 is 5.32 Å². The molecule has 128 valence electrons. The number of para-hydroxylation sites is 1. The Morgan fingerprint density at radius 1 is 1.04 bits per heavy atom. The molecule has 3 rings (SSSR count). The number of benzene rings is 2. The van der Waals surface area contributed by atoms with Gasteiger partial charge in [0.25, 0.3) is 5.91 Å². The SMILES string of the molecule is O=C(Nc1ccc(C(F)(F)F)cc1)c1nn(-c2ccccc2)c(=O)[nH]1. The quantitative estimate of drug-likeness (QED) is 0.764. The number of hydrogen-bond donors (Lipinski definition) is 2. The van der Waals surface area contributed by atoms with Crippen molar-refractivity contribution in [2.45, 2.75) is 6.18 Å². The molecule has 0 aliphatic rings. The summed E-state index contributed by atoms with van der Waals surface area (Å²) >= 11 is 0. The second kappa shape index (κ2) is 6.27. The van der Waals surface area contributed by atoms with Gasteiger partial charge in [-0.1, -0.05) is 18.2 Å². The van der Waals surface area contributed by atoms with Crippen molar-refractivity contribution in [1.29, 1.82) is 0 Å². The normalized spacial score (nSPS) is 11.3. The van der Waals surface area contributed by atoms with Gasteiger partial charge in [-0.15, -0.1) is 5.10 Å². The van der Waals surface area contributed by atoms with Crippen LogP contribution in [0.4, 0.5) is 18.9 Å². The van der Waals surface area contributed by atoms with Gasteiger partial charge in [-0.25, -0.2) is 4.79 Å². The molecule has 6 nitrogen and oxygen atoms in total. The van der Waals surface area contributed by atoms with Gasteiger partial charge in [0.05, 0.1) is 11.3 Å². The number of nitrogens with zero attached hydrogens (tertiary/aromatic N) is 2. The predicted octanol–water partition coefficient (Wildman–Crippen LogP) is 2.83. The van der Waals surface area contributed by atoms with E-state index in [1.165, 1.54) is 0 Å². The van der Waals surface area contributed by atoms with Crippen LogP contribution < -0.4 is 11.0 Å². The number of halogens is 3. The van der Waals surface area contributed by atoms with Crippen LogP contribution in [0.25, 0.3) is 5.69 Å². The third kappa shape index (κ3) is 3.60. The van der Waals surface area contributed by atoms with Crippen molar-refractivity contribution < 1.29 is 18.0 Å². The Hall–Kier alpha value is -3.36. The summed E-state index contributed by atoms with van der Waals surface area (Å²) in [6.45, 7) is 0. The second-order valence-electron chi connectivity index (χ2n) is 5.06. The van der Waals surface area contributed by atoms with Crippen LogP contribution in [0.5, 0.6) is 0 Å². The maximum absolute atomic E-state index is 12.5. The fourth-order valence-corrected chi connectivity index (χ4v) is 2.10. The molecule has 0 aliphatic carbocycles. The summed E-state index contributed by atoms with van der Waals surface area (Å²) in [5, 5.41) is 6.27. The molecule has 1 aromatic heterocycles. The Morgan fingerprint density at radius 3 is 2.28 bits per heavy atom. The van der Waals surface area contributed by atoms with Crippen LogP contribution in [-0.2, 0) is 6.18 Å². The molecule has 9 heteroatoms. The Balaban J connectivity index is 1.79. The summed E-state index contributed by atoms with van der Waals surface area (Å²) in [5.74, 6) is -1.000. The lowest BCUT2D eigenvalue weighted by Crippen LogP contribution is -2.15. The highest BCUT2D eigenvalue weighted by Gasteiger charge is 2.30. The minimum absolute atomic E-state index is 0.146. The van der Waals surface area contributed by atoms with E-state index >= 15 is 0 Å². The first kappa shape index (κ1) is 16.5. The van der Waals surface area contributed by atoms with E-state index in [0.29, 0.717) is 5.69 Å². The van der Waals surface area contributed by atoms with Crippen molar-refractivity contribution in [2.75, 3.05) is 5.32 Å². The molecule has 25 heavy (non-hydrogen) atoms. The zero-order valence-corrected chi connectivity index (χ0v) is 12.5. The largest absolute Gasteiger partial charge is 0.416 e. The number of carbonyl (C=O) groups excluding carboxylic acids is 1. The highest BCUT2D eigenvalue weighted by molar-refractivity contribution is 6.01. The number of aromatic amines is 1. The number of rotatable bonds is 3. The molecule has 3 aromatic rings. The number of nitrogens with one attached hydrogen (secondary N) is 2. The van der Waals surface area contributed by atoms with Gasteiger partial charge in [-0.2, -0.15) is 17.9 Å². The van der Waals surface area contributed by atoms with Crippen LogP contribution in [0, 0.1) is 0 Å². The number of carbonyl (C=O) groups is 1. The molecule has 0 spiro atoms. The summed E-state index contributed by atoms with van der Waals surface area (Å²) in [7, 11) is 0. The molecule has 0 saturated heterocycles. The highest BCUT2D eigenvalue weighted by Crippen LogP contribution is 2.29. The van der Waals surface area contributed by atoms with Crippen LogP contribution in [0.2, 0.25) is 0 Å². The molecule has 1 amide bonds. The van der Waals surface area contributed by atoms with Gasteiger partial charge in [0.2, 0.25) is 5.82 Å². The van der Waals surface area contributed by atoms with Gasteiger partial charge in [-0.05, 0) is 36.4 Å². The molecule has 1 heterocycles. The molecule has 0 radical (unpaired) electrons. The summed E-state index contributed by atoms with van der Waals surface area (Å²) in [5.41, 5.74) is -0.818. The molecule has 0 atom stereocenters. The number of anilines is 1. The third-order valence-electron chi connectivity index (χ3n) is 3.30. The van der Waals surface area contributed by atoms with Gasteiger partial charge in [0, 0.05) is 5.69 Å². The van der Waals surface area contributed by atoms with E-state index in [2.05, 4.69) is 15.4 Å². The smallest absolute Gasteiger partial charge is 0.319 e. The molecule has 0 saturated carbocycles. The molecule has 0 aliphatic heterocycles. The van der Waals surface area contributed by atoms with Gasteiger partial charge >= 0.3 is 11.9 Å². The van der Waals surface area contributed by atoms with Gasteiger partial charge in [0.1, 0.15) is 0 Å². The molecular formula is C16H11F3N4O2. The van der Waals surface area contributed by atoms with Gasteiger partial charge in [0.15, 0.2) is 0 Å². The molecule has 0 fully saturated rings. The van der Waals surface area contributed by atoms with Crippen LogP contribution in [0.3, 0.4) is 0 Å². The fraction of sp³-hybridized carbons (Fsp3) is 0.0625. The van der Waals surface area contributed by atoms with Crippen molar-refractivity contribution in [3.8, 4) is 5.69 Å². The monoisotopic (exact) mass is 348 g/mol. The maximum Gasteiger partial charge on any atom is 0.416 e. The first-order chi connectivity index (χ1) is 11.8. The van der Waals surface area contributed by atoms with E-state index in [9.17, 15) is 22.8 Å². The summed E-state index contributed by atoms with van der Waals surface area (Å²) < 4.78 is 38.6. The van der Waals surface area contributed by atoms with Crippen molar-refractivity contribution in [3.05, 3.63) is 76.5 Å². The summed E-state index contributed by atoms with van der Waals surface area (Å²) in [4.78, 5) is 26.3. The highest BCUT2D eigenvalue weighted by atomic mass is 19.4. The van der Waals surface area contributed by atoms with Crippen molar-refractivity contribution in [1.82, 2.24) is 14.8 Å². The van der Waals surface area contributed by atoms with Crippen LogP contribution >= 0.6 is 0 Å². The summed E-state index contributed by atoms with van der Waals surface area (Å²) in [6, 6.07) is 12.4. The lowest BCUT2D eigenvalue weighted by atomic mass is 10.2. The number of alkyl halides is 3. The third-order valence-corrected chi connectivity index (χ3v) is 3.30. The molecule has 0 bridgehead atoms. The summed E-state index contributed by atoms with van der Waals surface area (Å²) in [6.07, 6.45) is -4.46. The van der Waals surface area contributed by atoms with E-state index in [1.54, 1.807) is 30.3 Å². The Labute approximate surface area is 138 Å². The maximum atomic E-state index is 12.5. The average molecular weight is 348 g/mol. The Kier molecular flexibility index (Phi) is 4.14. The number of amides is 1. The lowest BCUT2D eigenvalue weighted by molar-refractivity contribution is -0.137. The van der Waals surface area contributed by atoms with Crippen molar-refractivity contribution >= 4 is 11.6 Å². The lowest BCUT2D eigenvalue weighted by Gasteiger charge is -2.07. The fourth-order valence-electron chi connectivity index (χ4n) is 2.10. The van der Waals surface area contributed by atoms with Gasteiger partial charge in [-0.3, -0.25) is 9.78 Å². The average Bonchev–Trinajstić information content (AvgIpc) is 2.97. The second-order valence-corrected chi connectivity index (χ2v) is 5.06. The molecular weight excluding hydrogens is 337 g/mol. The number of aromatic nitrogens is 3. The first-order valence-electron chi connectivity index (χ1n) is 7.08. The first-order valence-corrected chi connectivity index (χ1v) is 7.08. The molecule has 2 aromatic carbocycles. The zero-order chi connectivity index (χ0) is 18.0. The topological polar surface area (TPSA) is 79.8 Å². The van der Waals surface area contributed by atoms with E-state index in [4.69, 9.17) is 0 Å². The van der Waals surface area contributed by atoms with Crippen molar-refractivity contribution in [3.63, 3.8) is 0 Å². The van der Waals surface area contributed by atoms with Crippen molar-refractivity contribution in [2.24, 2.45) is 0 Å². The van der Waals surface area contributed by atoms with Crippen LogP contribution in [-0.4, -0.2) is 20.7 Å². The van der Waals surface area contributed by atoms with E-state index in [1.807, 2.05) is 0 Å². The van der Waals surface area contributed by atoms with E-state index in [0.717, 1.165) is 28.9 Å². The minimum atomic E-state index is -4.46. The predicted molar refractivity (Wildman–Crippen MR) is 83.6 cm³/mol.